The molecule has 1 aromatic carbocycles. The fourth-order valence-electron chi connectivity index (χ4n) is 3.87. The summed E-state index contributed by atoms with van der Waals surface area (Å²) in [6.07, 6.45) is 3.35. The molecular weight excluding hydrogens is 360 g/mol. The molecule has 5 heteroatoms. The monoisotopic (exact) mass is 386 g/mol. The summed E-state index contributed by atoms with van der Waals surface area (Å²) in [7, 11) is 0. The Morgan fingerprint density at radius 2 is 2.04 bits per heavy atom. The van der Waals surface area contributed by atoms with E-state index in [9.17, 15) is 4.79 Å². The molecule has 0 radical (unpaired) electrons. The predicted octanol–water partition coefficient (Wildman–Crippen LogP) is 4.35. The highest BCUT2D eigenvalue weighted by Gasteiger charge is 2.30. The van der Waals surface area contributed by atoms with E-state index in [0.29, 0.717) is 12.6 Å². The van der Waals surface area contributed by atoms with Crippen molar-refractivity contribution in [1.82, 2.24) is 10.2 Å². The van der Waals surface area contributed by atoms with Gasteiger partial charge in [-0.1, -0.05) is 31.2 Å². The maximum atomic E-state index is 12.8. The molecule has 0 unspecified atom stereocenters. The molecular formula is C21H26N2OS2. The van der Waals surface area contributed by atoms with E-state index in [1.807, 2.05) is 0 Å². The molecule has 1 aromatic heterocycles. The Morgan fingerprint density at radius 3 is 2.77 bits per heavy atom. The number of carbonyl (C=O) groups is 1. The van der Waals surface area contributed by atoms with Crippen LogP contribution in [0.25, 0.3) is 0 Å². The quantitative estimate of drug-likeness (QED) is 0.829. The molecule has 0 saturated carbocycles. The minimum Gasteiger partial charge on any atom is -0.353 e. The molecule has 2 aromatic rings. The van der Waals surface area contributed by atoms with Crippen LogP contribution in [0.4, 0.5) is 0 Å². The number of amides is 1. The lowest BCUT2D eigenvalue weighted by molar-refractivity contribution is -0.120. The molecule has 1 N–H and O–H groups in total. The van der Waals surface area contributed by atoms with Crippen molar-refractivity contribution in [3.63, 3.8) is 0 Å². The third kappa shape index (κ3) is 4.00. The van der Waals surface area contributed by atoms with Gasteiger partial charge in [0, 0.05) is 16.3 Å². The first-order valence-corrected chi connectivity index (χ1v) is 11.3. The van der Waals surface area contributed by atoms with Crippen molar-refractivity contribution >= 4 is 29.0 Å². The standard InChI is InChI=1S/C21H26N2OS2/c1-15-8-10-23(11-9-15)17(19-7-4-12-25-19)14-22-21(24)20-13-16-5-2-3-6-18(16)26-20/h2-7,12,15,17,20H,8-11,13-14H2,1H3,(H,22,24)/t17-,20-/m1/s1. The maximum Gasteiger partial charge on any atom is 0.233 e. The van der Waals surface area contributed by atoms with Crippen LogP contribution in [0.3, 0.4) is 0 Å². The molecule has 2 atom stereocenters. The molecule has 1 amide bonds. The summed E-state index contributed by atoms with van der Waals surface area (Å²) >= 11 is 3.51. The van der Waals surface area contributed by atoms with Crippen molar-refractivity contribution < 1.29 is 4.79 Å². The molecule has 26 heavy (non-hydrogen) atoms. The number of thiophene rings is 1. The molecule has 1 fully saturated rings. The van der Waals surface area contributed by atoms with E-state index < -0.39 is 0 Å². The Morgan fingerprint density at radius 1 is 1.23 bits per heavy atom. The van der Waals surface area contributed by atoms with Gasteiger partial charge in [0.1, 0.15) is 0 Å². The lowest BCUT2D eigenvalue weighted by Gasteiger charge is -2.36. The predicted molar refractivity (Wildman–Crippen MR) is 110 cm³/mol. The molecule has 0 spiro atoms. The number of benzene rings is 1. The second kappa shape index (κ2) is 8.15. The minimum atomic E-state index is 0.0118. The fraction of sp³-hybridized carbons (Fsp3) is 0.476. The molecule has 1 saturated heterocycles. The van der Waals surface area contributed by atoms with Crippen LogP contribution in [0.5, 0.6) is 0 Å². The number of carbonyl (C=O) groups excluding carboxylic acids is 1. The number of hydrogen-bond donors (Lipinski definition) is 1. The Bertz CT molecular complexity index is 713. The SMILES string of the molecule is CC1CCN([C@H](CNC(=O)[C@H]2Cc3ccccc3S2)c2cccs2)CC1. The first-order valence-electron chi connectivity index (χ1n) is 9.50. The number of hydrogen-bond acceptors (Lipinski definition) is 4. The number of nitrogens with one attached hydrogen (secondary N) is 1. The van der Waals surface area contributed by atoms with E-state index >= 15 is 0 Å². The van der Waals surface area contributed by atoms with E-state index in [1.54, 1.807) is 23.1 Å². The third-order valence-corrected chi connectivity index (χ3v) is 7.83. The van der Waals surface area contributed by atoms with E-state index in [4.69, 9.17) is 0 Å². The highest BCUT2D eigenvalue weighted by molar-refractivity contribution is 8.01. The van der Waals surface area contributed by atoms with Gasteiger partial charge in [-0.05, 0) is 61.3 Å². The molecule has 0 bridgehead atoms. The normalized spacial score (nSPS) is 22.1. The minimum absolute atomic E-state index is 0.0118. The number of nitrogens with zero attached hydrogens (tertiary/aromatic N) is 1. The van der Waals surface area contributed by atoms with Gasteiger partial charge >= 0.3 is 0 Å². The molecule has 2 aliphatic heterocycles. The van der Waals surface area contributed by atoms with E-state index in [1.165, 1.54) is 28.2 Å². The molecule has 0 aliphatic carbocycles. The van der Waals surface area contributed by atoms with Crippen molar-refractivity contribution in [2.24, 2.45) is 5.92 Å². The smallest absolute Gasteiger partial charge is 0.233 e. The van der Waals surface area contributed by atoms with E-state index in [0.717, 1.165) is 25.4 Å². The van der Waals surface area contributed by atoms with Gasteiger partial charge in [-0.15, -0.1) is 23.1 Å². The number of likely N-dealkylation sites (tertiary alicyclic amines) is 1. The van der Waals surface area contributed by atoms with Crippen molar-refractivity contribution in [1.29, 1.82) is 0 Å². The molecule has 138 valence electrons. The van der Waals surface area contributed by atoms with Gasteiger partial charge < -0.3 is 5.32 Å². The van der Waals surface area contributed by atoms with Gasteiger partial charge in [0.15, 0.2) is 0 Å². The van der Waals surface area contributed by atoms with Crippen LogP contribution in [-0.4, -0.2) is 35.7 Å². The van der Waals surface area contributed by atoms with Gasteiger partial charge in [-0.3, -0.25) is 9.69 Å². The second-order valence-corrected chi connectivity index (χ2v) is 9.64. The lowest BCUT2D eigenvalue weighted by atomic mass is 9.97. The summed E-state index contributed by atoms with van der Waals surface area (Å²) < 4.78 is 0. The maximum absolute atomic E-state index is 12.8. The number of thioether (sulfide) groups is 1. The third-order valence-electron chi connectivity index (χ3n) is 5.54. The summed E-state index contributed by atoms with van der Waals surface area (Å²) in [5.41, 5.74) is 1.30. The Kier molecular flexibility index (Phi) is 5.67. The van der Waals surface area contributed by atoms with Crippen LogP contribution >= 0.6 is 23.1 Å². The summed E-state index contributed by atoms with van der Waals surface area (Å²) in [5, 5.41) is 5.41. The van der Waals surface area contributed by atoms with E-state index in [-0.39, 0.29) is 11.2 Å². The Labute approximate surface area is 164 Å². The zero-order valence-corrected chi connectivity index (χ0v) is 16.8. The number of rotatable bonds is 5. The zero-order chi connectivity index (χ0) is 17.9. The van der Waals surface area contributed by atoms with Gasteiger partial charge in [0.25, 0.3) is 0 Å². The Hall–Kier alpha value is -1.30. The van der Waals surface area contributed by atoms with Crippen LogP contribution < -0.4 is 5.32 Å². The summed E-state index contributed by atoms with van der Waals surface area (Å²) in [6.45, 7) is 5.31. The highest BCUT2D eigenvalue weighted by atomic mass is 32.2. The molecule has 4 rings (SSSR count). The average Bonchev–Trinajstić information content (AvgIpc) is 3.33. The van der Waals surface area contributed by atoms with E-state index in [2.05, 4.69) is 58.9 Å². The molecule has 2 aliphatic rings. The fourth-order valence-corrected chi connectivity index (χ4v) is 5.95. The zero-order valence-electron chi connectivity index (χ0n) is 15.2. The summed E-state index contributed by atoms with van der Waals surface area (Å²) in [4.78, 5) is 18.0. The summed E-state index contributed by atoms with van der Waals surface area (Å²) in [6, 6.07) is 13.0. The largest absolute Gasteiger partial charge is 0.353 e. The second-order valence-electron chi connectivity index (χ2n) is 7.41. The average molecular weight is 387 g/mol. The van der Waals surface area contributed by atoms with Crippen molar-refractivity contribution in [2.45, 2.75) is 42.4 Å². The van der Waals surface area contributed by atoms with Crippen molar-refractivity contribution in [2.75, 3.05) is 19.6 Å². The molecule has 3 heterocycles. The van der Waals surface area contributed by atoms with Crippen molar-refractivity contribution in [3.8, 4) is 0 Å². The highest BCUT2D eigenvalue weighted by Crippen LogP contribution is 2.37. The molecule has 3 nitrogen and oxygen atoms in total. The van der Waals surface area contributed by atoms with Crippen LogP contribution in [-0.2, 0) is 11.2 Å². The Balaban J connectivity index is 1.38. The topological polar surface area (TPSA) is 32.3 Å². The van der Waals surface area contributed by atoms with Crippen LogP contribution in [0.1, 0.15) is 36.2 Å². The van der Waals surface area contributed by atoms with Crippen LogP contribution in [0, 0.1) is 5.92 Å². The first kappa shape index (κ1) is 18.1. The van der Waals surface area contributed by atoms with Gasteiger partial charge in [0.05, 0.1) is 11.3 Å². The van der Waals surface area contributed by atoms with Crippen LogP contribution in [0.2, 0.25) is 0 Å². The first-order chi connectivity index (χ1) is 12.7. The van der Waals surface area contributed by atoms with Crippen molar-refractivity contribution in [3.05, 3.63) is 52.2 Å². The van der Waals surface area contributed by atoms with Gasteiger partial charge in [0.2, 0.25) is 5.91 Å². The van der Waals surface area contributed by atoms with Gasteiger partial charge in [-0.2, -0.15) is 0 Å². The number of fused-ring (bicyclic) bond motifs is 1. The lowest BCUT2D eigenvalue weighted by Crippen LogP contribution is -2.43. The number of piperidine rings is 1. The van der Waals surface area contributed by atoms with Gasteiger partial charge in [-0.25, -0.2) is 0 Å². The van der Waals surface area contributed by atoms with Crippen LogP contribution in [0.15, 0.2) is 46.7 Å². The summed E-state index contributed by atoms with van der Waals surface area (Å²) in [5.74, 6) is 0.997.